The second-order valence-electron chi connectivity index (χ2n) is 7.24. The molecule has 0 saturated carbocycles. The largest absolute Gasteiger partial charge is 0.339 e. The molecule has 3 heterocycles. The van der Waals surface area contributed by atoms with Crippen LogP contribution in [0.15, 0.2) is 39.5 Å². The number of nitrogens with zero attached hydrogens (tertiary/aromatic N) is 3. The molecule has 1 aromatic carbocycles. The Bertz CT molecular complexity index is 1070. The van der Waals surface area contributed by atoms with E-state index in [4.69, 9.17) is 27.7 Å². The van der Waals surface area contributed by atoms with Crippen molar-refractivity contribution in [2.24, 2.45) is 0 Å². The molecule has 0 bridgehead atoms. The number of benzene rings is 1. The Balaban J connectivity index is 1.37. The molecule has 7 nitrogen and oxygen atoms in total. The maximum absolute atomic E-state index is 12.9. The number of aromatic nitrogens is 2. The van der Waals surface area contributed by atoms with Gasteiger partial charge in [-0.2, -0.15) is 16.3 Å². The molecule has 162 valence electrons. The van der Waals surface area contributed by atoms with Crippen LogP contribution in [0.25, 0.3) is 11.4 Å². The molecule has 31 heavy (non-hydrogen) atoms. The van der Waals surface area contributed by atoms with Crippen molar-refractivity contribution in [1.29, 1.82) is 0 Å². The molecule has 0 aliphatic carbocycles. The highest BCUT2D eigenvalue weighted by molar-refractivity contribution is 7.08. The quantitative estimate of drug-likeness (QED) is 0.534. The smallest absolute Gasteiger partial charge is 0.247 e. The van der Waals surface area contributed by atoms with Gasteiger partial charge in [-0.1, -0.05) is 28.4 Å². The summed E-state index contributed by atoms with van der Waals surface area (Å²) in [5, 5.41) is 11.5. The van der Waals surface area contributed by atoms with Gasteiger partial charge in [-0.05, 0) is 48.9 Å². The number of likely N-dealkylation sites (tertiary alicyclic amines) is 1. The maximum Gasteiger partial charge on any atom is 0.247 e. The molecular formula is C21H20Cl2N4O3S. The van der Waals surface area contributed by atoms with Gasteiger partial charge in [0.1, 0.15) is 6.04 Å². The second-order valence-corrected chi connectivity index (χ2v) is 8.84. The topological polar surface area (TPSA) is 88.3 Å². The van der Waals surface area contributed by atoms with Crippen molar-refractivity contribution in [3.05, 3.63) is 51.0 Å². The molecule has 2 aromatic heterocycles. The number of piperidine rings is 1. The van der Waals surface area contributed by atoms with Gasteiger partial charge in [0.15, 0.2) is 0 Å². The van der Waals surface area contributed by atoms with Gasteiger partial charge < -0.3 is 14.7 Å². The molecule has 0 unspecified atom stereocenters. The fourth-order valence-corrected chi connectivity index (χ4v) is 4.46. The number of hydrogen-bond acceptors (Lipinski definition) is 6. The third-order valence-electron chi connectivity index (χ3n) is 5.11. The van der Waals surface area contributed by atoms with Gasteiger partial charge in [0, 0.05) is 36.0 Å². The van der Waals surface area contributed by atoms with Crippen LogP contribution in [0.5, 0.6) is 0 Å². The number of aryl methyl sites for hydroxylation is 1. The number of rotatable bonds is 6. The molecule has 3 aromatic rings. The molecule has 1 aliphatic rings. The standard InChI is InChI=1S/C21H20Cl2N4O3S/c22-15-5-4-14(11-16(15)23)24-21(29)17-3-1-2-9-27(17)19(28)7-6-18-25-20(26-30-18)13-8-10-31-12-13/h4-5,8,10-12,17H,1-3,6-7,9H2,(H,24,29)/t17-/m0/s1. The maximum atomic E-state index is 12.9. The first-order chi connectivity index (χ1) is 15.0. The Hall–Kier alpha value is -2.42. The van der Waals surface area contributed by atoms with E-state index < -0.39 is 6.04 Å². The lowest BCUT2D eigenvalue weighted by Crippen LogP contribution is -2.50. The Morgan fingerprint density at radius 2 is 2.10 bits per heavy atom. The number of carbonyl (C=O) groups is 2. The Morgan fingerprint density at radius 3 is 2.87 bits per heavy atom. The van der Waals surface area contributed by atoms with Crippen LogP contribution < -0.4 is 5.32 Å². The predicted octanol–water partition coefficient (Wildman–Crippen LogP) is 5.06. The number of anilines is 1. The van der Waals surface area contributed by atoms with Crippen LogP contribution in [0.3, 0.4) is 0 Å². The van der Waals surface area contributed by atoms with Gasteiger partial charge in [-0.25, -0.2) is 0 Å². The van der Waals surface area contributed by atoms with Gasteiger partial charge in [0.2, 0.25) is 23.5 Å². The summed E-state index contributed by atoms with van der Waals surface area (Å²) in [6.07, 6.45) is 2.89. The average Bonchev–Trinajstić information content (AvgIpc) is 3.46. The second kappa shape index (κ2) is 9.80. The third-order valence-corrected chi connectivity index (χ3v) is 6.54. The van der Waals surface area contributed by atoms with Gasteiger partial charge in [0.05, 0.1) is 10.0 Å². The average molecular weight is 479 g/mol. The van der Waals surface area contributed by atoms with Gasteiger partial charge >= 0.3 is 0 Å². The van der Waals surface area contributed by atoms with Crippen molar-refractivity contribution in [3.8, 4) is 11.4 Å². The van der Waals surface area contributed by atoms with Crippen LogP contribution in [0.2, 0.25) is 10.0 Å². The van der Waals surface area contributed by atoms with Crippen molar-refractivity contribution in [1.82, 2.24) is 15.0 Å². The zero-order valence-corrected chi connectivity index (χ0v) is 18.8. The van der Waals surface area contributed by atoms with E-state index in [1.807, 2.05) is 16.8 Å². The number of nitrogens with one attached hydrogen (secondary N) is 1. The molecule has 1 fully saturated rings. The van der Waals surface area contributed by atoms with Crippen LogP contribution in [0.1, 0.15) is 31.6 Å². The van der Waals surface area contributed by atoms with Crippen LogP contribution in [-0.4, -0.2) is 39.4 Å². The lowest BCUT2D eigenvalue weighted by Gasteiger charge is -2.34. The summed E-state index contributed by atoms with van der Waals surface area (Å²) in [6.45, 7) is 0.544. The van der Waals surface area contributed by atoms with Crippen molar-refractivity contribution in [2.75, 3.05) is 11.9 Å². The Morgan fingerprint density at radius 1 is 1.23 bits per heavy atom. The van der Waals surface area contributed by atoms with E-state index in [0.29, 0.717) is 46.8 Å². The fourth-order valence-electron chi connectivity index (χ4n) is 3.52. The Labute approximate surface area is 193 Å². The van der Waals surface area contributed by atoms with E-state index in [9.17, 15) is 9.59 Å². The lowest BCUT2D eigenvalue weighted by molar-refractivity contribution is -0.140. The zero-order valence-electron chi connectivity index (χ0n) is 16.5. The number of hydrogen-bond donors (Lipinski definition) is 1. The molecule has 1 N–H and O–H groups in total. The van der Waals surface area contributed by atoms with Gasteiger partial charge in [0.25, 0.3) is 0 Å². The highest BCUT2D eigenvalue weighted by atomic mass is 35.5. The van der Waals surface area contributed by atoms with Crippen molar-refractivity contribution in [2.45, 2.75) is 38.1 Å². The first-order valence-corrected chi connectivity index (χ1v) is 11.6. The molecular weight excluding hydrogens is 459 g/mol. The molecule has 10 heteroatoms. The highest BCUT2D eigenvalue weighted by Gasteiger charge is 2.32. The summed E-state index contributed by atoms with van der Waals surface area (Å²) >= 11 is 13.5. The van der Waals surface area contributed by atoms with Gasteiger partial charge in [-0.3, -0.25) is 9.59 Å². The molecule has 1 saturated heterocycles. The first-order valence-electron chi connectivity index (χ1n) is 9.92. The third kappa shape index (κ3) is 5.26. The van der Waals surface area contributed by atoms with Crippen LogP contribution in [0, 0.1) is 0 Å². The van der Waals surface area contributed by atoms with Crippen molar-refractivity contribution < 1.29 is 14.1 Å². The zero-order chi connectivity index (χ0) is 21.8. The van der Waals surface area contributed by atoms with Crippen LogP contribution in [-0.2, 0) is 16.0 Å². The van der Waals surface area contributed by atoms with Gasteiger partial charge in [-0.15, -0.1) is 0 Å². The minimum Gasteiger partial charge on any atom is -0.339 e. The summed E-state index contributed by atoms with van der Waals surface area (Å²) in [6, 6.07) is 6.28. The van der Waals surface area contributed by atoms with E-state index in [0.717, 1.165) is 18.4 Å². The minimum absolute atomic E-state index is 0.107. The molecule has 1 atom stereocenters. The number of amides is 2. The SMILES string of the molecule is O=C(Nc1ccc(Cl)c(Cl)c1)[C@@H]1CCCCN1C(=O)CCc1nc(-c2ccsc2)no1. The molecule has 2 amide bonds. The summed E-state index contributed by atoms with van der Waals surface area (Å²) < 4.78 is 5.27. The van der Waals surface area contributed by atoms with Crippen LogP contribution >= 0.6 is 34.5 Å². The molecule has 0 radical (unpaired) electrons. The molecule has 0 spiro atoms. The predicted molar refractivity (Wildman–Crippen MR) is 120 cm³/mol. The fraction of sp³-hybridized carbons (Fsp3) is 0.333. The Kier molecular flexibility index (Phi) is 6.89. The van der Waals surface area contributed by atoms with Crippen molar-refractivity contribution in [3.63, 3.8) is 0 Å². The van der Waals surface area contributed by atoms with Crippen molar-refractivity contribution >= 4 is 52.0 Å². The summed E-state index contributed by atoms with van der Waals surface area (Å²) in [7, 11) is 0. The highest BCUT2D eigenvalue weighted by Crippen LogP contribution is 2.26. The minimum atomic E-state index is -0.528. The van der Waals surface area contributed by atoms with E-state index in [2.05, 4.69) is 15.5 Å². The van der Waals surface area contributed by atoms with E-state index in [1.54, 1.807) is 34.4 Å². The summed E-state index contributed by atoms with van der Waals surface area (Å²) in [5.41, 5.74) is 1.44. The number of thiophene rings is 1. The van der Waals surface area contributed by atoms with E-state index in [-0.39, 0.29) is 18.2 Å². The number of halogens is 2. The summed E-state index contributed by atoms with van der Waals surface area (Å²) in [5.74, 6) is 0.581. The van der Waals surface area contributed by atoms with E-state index in [1.165, 1.54) is 0 Å². The first kappa shape index (κ1) is 21.8. The molecule has 4 rings (SSSR count). The monoisotopic (exact) mass is 478 g/mol. The summed E-state index contributed by atoms with van der Waals surface area (Å²) in [4.78, 5) is 31.8. The lowest BCUT2D eigenvalue weighted by atomic mass is 10.0. The van der Waals surface area contributed by atoms with Crippen LogP contribution in [0.4, 0.5) is 5.69 Å². The number of carbonyl (C=O) groups excluding carboxylic acids is 2. The molecule has 1 aliphatic heterocycles. The van der Waals surface area contributed by atoms with E-state index >= 15 is 0 Å². The normalized spacial score (nSPS) is 16.3.